The monoisotopic (exact) mass is 219 g/mol. The maximum absolute atomic E-state index is 6.26. The van der Waals surface area contributed by atoms with Gasteiger partial charge in [-0.25, -0.2) is 0 Å². The molecule has 88 valence electrons. The van der Waals surface area contributed by atoms with Crippen molar-refractivity contribution >= 4 is 0 Å². The van der Waals surface area contributed by atoms with Gasteiger partial charge in [0, 0.05) is 6.04 Å². The third-order valence-electron chi connectivity index (χ3n) is 3.39. The fourth-order valence-corrected chi connectivity index (χ4v) is 2.64. The van der Waals surface area contributed by atoms with E-state index in [2.05, 4.69) is 19.1 Å². The van der Waals surface area contributed by atoms with E-state index in [0.717, 1.165) is 25.2 Å². The zero-order valence-electron chi connectivity index (χ0n) is 10.3. The molecular weight excluding hydrogens is 198 g/mol. The molecule has 1 aromatic carbocycles. The van der Waals surface area contributed by atoms with Gasteiger partial charge in [0.05, 0.1) is 6.61 Å². The first kappa shape index (κ1) is 11.5. The molecule has 0 saturated carbocycles. The molecule has 1 aromatic rings. The van der Waals surface area contributed by atoms with E-state index in [4.69, 9.17) is 10.5 Å². The van der Waals surface area contributed by atoms with Crippen molar-refractivity contribution < 1.29 is 4.74 Å². The van der Waals surface area contributed by atoms with Gasteiger partial charge in [-0.05, 0) is 55.9 Å². The molecule has 1 unspecified atom stereocenters. The third kappa shape index (κ3) is 2.07. The van der Waals surface area contributed by atoms with Crippen LogP contribution in [0.15, 0.2) is 12.1 Å². The molecule has 0 amide bonds. The number of fused-ring (bicyclic) bond motifs is 1. The Labute approximate surface area is 97.8 Å². The fraction of sp³-hybridized carbons (Fsp3) is 0.571. The van der Waals surface area contributed by atoms with Crippen LogP contribution in [0.3, 0.4) is 0 Å². The minimum Gasteiger partial charge on any atom is -0.494 e. The first-order valence-electron chi connectivity index (χ1n) is 6.24. The fourth-order valence-electron chi connectivity index (χ4n) is 2.64. The molecule has 16 heavy (non-hydrogen) atoms. The number of rotatable bonds is 2. The molecule has 2 N–H and O–H groups in total. The maximum atomic E-state index is 6.26. The van der Waals surface area contributed by atoms with Gasteiger partial charge in [-0.1, -0.05) is 12.5 Å². The quantitative estimate of drug-likeness (QED) is 0.776. The van der Waals surface area contributed by atoms with E-state index < -0.39 is 0 Å². The standard InChI is InChI=1S/C14H21NO/c1-3-16-13-9-8-10(2)14-11(13)6-4-5-7-12(14)15/h8-9,12H,3-7,15H2,1-2H3. The summed E-state index contributed by atoms with van der Waals surface area (Å²) in [6, 6.07) is 4.42. The highest BCUT2D eigenvalue weighted by Gasteiger charge is 2.20. The predicted octanol–water partition coefficient (Wildman–Crippen LogP) is 3.12. The molecule has 0 radical (unpaired) electrons. The van der Waals surface area contributed by atoms with Crippen LogP contribution < -0.4 is 10.5 Å². The Bertz CT molecular complexity index is 373. The van der Waals surface area contributed by atoms with E-state index in [1.54, 1.807) is 0 Å². The first-order chi connectivity index (χ1) is 7.74. The van der Waals surface area contributed by atoms with Crippen LogP contribution >= 0.6 is 0 Å². The Morgan fingerprint density at radius 3 is 2.94 bits per heavy atom. The molecule has 0 heterocycles. The summed E-state index contributed by atoms with van der Waals surface area (Å²) >= 11 is 0. The van der Waals surface area contributed by atoms with E-state index in [1.807, 2.05) is 6.92 Å². The Balaban J connectivity index is 2.48. The van der Waals surface area contributed by atoms with Crippen molar-refractivity contribution in [3.63, 3.8) is 0 Å². The predicted molar refractivity (Wildman–Crippen MR) is 66.8 cm³/mol. The molecule has 0 spiro atoms. The second-order valence-corrected chi connectivity index (χ2v) is 4.56. The van der Waals surface area contributed by atoms with E-state index in [1.165, 1.54) is 29.5 Å². The van der Waals surface area contributed by atoms with Gasteiger partial charge in [-0.2, -0.15) is 0 Å². The van der Waals surface area contributed by atoms with Crippen LogP contribution in [0.4, 0.5) is 0 Å². The molecule has 0 saturated heterocycles. The van der Waals surface area contributed by atoms with Gasteiger partial charge in [-0.15, -0.1) is 0 Å². The van der Waals surface area contributed by atoms with Crippen molar-refractivity contribution in [3.05, 3.63) is 28.8 Å². The van der Waals surface area contributed by atoms with Crippen molar-refractivity contribution in [3.8, 4) is 5.75 Å². The molecule has 1 atom stereocenters. The lowest BCUT2D eigenvalue weighted by Gasteiger charge is -2.19. The lowest BCUT2D eigenvalue weighted by atomic mass is 9.94. The molecule has 1 aliphatic carbocycles. The average Bonchev–Trinajstić information content (AvgIpc) is 2.46. The lowest BCUT2D eigenvalue weighted by molar-refractivity contribution is 0.336. The average molecular weight is 219 g/mol. The van der Waals surface area contributed by atoms with Crippen LogP contribution in [-0.2, 0) is 6.42 Å². The largest absolute Gasteiger partial charge is 0.494 e. The lowest BCUT2D eigenvalue weighted by Crippen LogP contribution is -2.13. The molecule has 0 aliphatic heterocycles. The summed E-state index contributed by atoms with van der Waals surface area (Å²) < 4.78 is 5.71. The summed E-state index contributed by atoms with van der Waals surface area (Å²) in [5, 5.41) is 0. The highest BCUT2D eigenvalue weighted by molar-refractivity contribution is 5.47. The number of benzene rings is 1. The molecule has 2 heteroatoms. The van der Waals surface area contributed by atoms with Crippen LogP contribution in [-0.4, -0.2) is 6.61 Å². The van der Waals surface area contributed by atoms with Gasteiger partial charge >= 0.3 is 0 Å². The number of nitrogens with two attached hydrogens (primary N) is 1. The number of hydrogen-bond donors (Lipinski definition) is 1. The van der Waals surface area contributed by atoms with Gasteiger partial charge in [0.2, 0.25) is 0 Å². The van der Waals surface area contributed by atoms with Gasteiger partial charge in [0.15, 0.2) is 0 Å². The summed E-state index contributed by atoms with van der Waals surface area (Å²) in [4.78, 5) is 0. The smallest absolute Gasteiger partial charge is 0.122 e. The third-order valence-corrected chi connectivity index (χ3v) is 3.39. The molecular formula is C14H21NO. The number of aryl methyl sites for hydroxylation is 1. The molecule has 0 aromatic heterocycles. The Kier molecular flexibility index (Phi) is 3.49. The Morgan fingerprint density at radius 1 is 1.38 bits per heavy atom. The van der Waals surface area contributed by atoms with Crippen LogP contribution in [0.25, 0.3) is 0 Å². The van der Waals surface area contributed by atoms with Crippen molar-refractivity contribution in [1.29, 1.82) is 0 Å². The summed E-state index contributed by atoms with van der Waals surface area (Å²) in [6.45, 7) is 4.91. The van der Waals surface area contributed by atoms with Gasteiger partial charge < -0.3 is 10.5 Å². The molecule has 2 nitrogen and oxygen atoms in total. The SMILES string of the molecule is CCOc1ccc(C)c2c1CCCCC2N. The highest BCUT2D eigenvalue weighted by Crippen LogP contribution is 2.35. The second kappa shape index (κ2) is 4.88. The van der Waals surface area contributed by atoms with Crippen molar-refractivity contribution in [2.45, 2.75) is 45.6 Å². The van der Waals surface area contributed by atoms with Crippen LogP contribution in [0.2, 0.25) is 0 Å². The topological polar surface area (TPSA) is 35.2 Å². The van der Waals surface area contributed by atoms with Gasteiger partial charge in [-0.3, -0.25) is 0 Å². The number of ether oxygens (including phenoxy) is 1. The minimum atomic E-state index is 0.193. The van der Waals surface area contributed by atoms with Crippen LogP contribution in [0.5, 0.6) is 5.75 Å². The Morgan fingerprint density at radius 2 is 2.19 bits per heavy atom. The van der Waals surface area contributed by atoms with E-state index in [-0.39, 0.29) is 6.04 Å². The maximum Gasteiger partial charge on any atom is 0.122 e. The van der Waals surface area contributed by atoms with Gasteiger partial charge in [0.1, 0.15) is 5.75 Å². The van der Waals surface area contributed by atoms with Gasteiger partial charge in [0.25, 0.3) is 0 Å². The summed E-state index contributed by atoms with van der Waals surface area (Å²) in [5.74, 6) is 1.04. The van der Waals surface area contributed by atoms with E-state index in [0.29, 0.717) is 0 Å². The molecule has 1 aliphatic rings. The Hall–Kier alpha value is -1.02. The molecule has 0 fully saturated rings. The summed E-state index contributed by atoms with van der Waals surface area (Å²) in [7, 11) is 0. The normalized spacial score (nSPS) is 20.1. The van der Waals surface area contributed by atoms with Crippen molar-refractivity contribution in [2.75, 3.05) is 6.61 Å². The van der Waals surface area contributed by atoms with Crippen LogP contribution in [0.1, 0.15) is 48.9 Å². The summed E-state index contributed by atoms with van der Waals surface area (Å²) in [6.07, 6.45) is 4.66. The van der Waals surface area contributed by atoms with Crippen LogP contribution in [0, 0.1) is 6.92 Å². The molecule has 2 rings (SSSR count). The second-order valence-electron chi connectivity index (χ2n) is 4.56. The van der Waals surface area contributed by atoms with E-state index >= 15 is 0 Å². The van der Waals surface area contributed by atoms with E-state index in [9.17, 15) is 0 Å². The zero-order chi connectivity index (χ0) is 11.5. The van der Waals surface area contributed by atoms with Crippen molar-refractivity contribution in [1.82, 2.24) is 0 Å². The van der Waals surface area contributed by atoms with Crippen molar-refractivity contribution in [2.24, 2.45) is 5.73 Å². The number of hydrogen-bond acceptors (Lipinski definition) is 2. The first-order valence-corrected chi connectivity index (χ1v) is 6.24. The zero-order valence-corrected chi connectivity index (χ0v) is 10.3. The highest BCUT2D eigenvalue weighted by atomic mass is 16.5. The minimum absolute atomic E-state index is 0.193. The molecule has 0 bridgehead atoms. The summed E-state index contributed by atoms with van der Waals surface area (Å²) in [5.41, 5.74) is 10.3.